The highest BCUT2D eigenvalue weighted by atomic mass is 19.2. The second-order valence-electron chi connectivity index (χ2n) is 14.6. The monoisotopic (exact) mass is 848 g/mol. The van der Waals surface area contributed by atoms with Crippen LogP contribution in [0.2, 0.25) is 0 Å². The molecule has 0 spiro atoms. The molecule has 3 heterocycles. The summed E-state index contributed by atoms with van der Waals surface area (Å²) in [5.74, 6) is -1.69. The van der Waals surface area contributed by atoms with E-state index in [9.17, 15) is 19.2 Å². The van der Waals surface area contributed by atoms with Gasteiger partial charge in [-0.3, -0.25) is 19.2 Å². The quantitative estimate of drug-likeness (QED) is 0.0557. The van der Waals surface area contributed by atoms with E-state index in [0.717, 1.165) is 14.5 Å². The smallest absolute Gasteiger partial charge is 0.488 e. The molecule has 5 rings (SSSR count). The summed E-state index contributed by atoms with van der Waals surface area (Å²) in [6.07, 6.45) is 1.74. The number of allylic oxidation sites excluding steroid dienone is 2. The van der Waals surface area contributed by atoms with Crippen molar-refractivity contribution in [3.8, 4) is 11.5 Å². The van der Waals surface area contributed by atoms with Gasteiger partial charge in [-0.15, -0.1) is 0 Å². The molecule has 0 atom stereocenters. The van der Waals surface area contributed by atoms with E-state index in [1.807, 2.05) is 13.0 Å². The molecule has 328 valence electrons. The number of carbonyl (C=O) groups excluding carboxylic acids is 4. The van der Waals surface area contributed by atoms with Gasteiger partial charge in [0.05, 0.1) is 43.4 Å². The van der Waals surface area contributed by atoms with Crippen molar-refractivity contribution >= 4 is 53.5 Å². The molecule has 0 fully saturated rings. The number of carbonyl (C=O) groups is 4. The Hall–Kier alpha value is -6.13. The first-order valence-electron chi connectivity index (χ1n) is 20.5. The number of esters is 4. The van der Waals surface area contributed by atoms with E-state index in [0.29, 0.717) is 62.2 Å². The van der Waals surface area contributed by atoms with Crippen LogP contribution in [0.4, 0.5) is 20.0 Å². The first-order chi connectivity index (χ1) is 29.0. The molecular formula is C44H55BF2N4O10. The largest absolute Gasteiger partial charge is 0.737 e. The van der Waals surface area contributed by atoms with Crippen LogP contribution >= 0.6 is 0 Å². The molecule has 2 aliphatic rings. The highest BCUT2D eigenvalue weighted by molar-refractivity contribution is 6.58. The summed E-state index contributed by atoms with van der Waals surface area (Å²) < 4.78 is 68.8. The van der Waals surface area contributed by atoms with Crippen molar-refractivity contribution in [1.29, 1.82) is 0 Å². The fraction of sp³-hybridized carbons (Fsp3) is 0.432. The van der Waals surface area contributed by atoms with Gasteiger partial charge in [0, 0.05) is 24.3 Å². The number of aromatic nitrogens is 1. The van der Waals surface area contributed by atoms with E-state index < -0.39 is 30.8 Å². The zero-order valence-corrected chi connectivity index (χ0v) is 36.4. The molecule has 1 aromatic heterocycles. The van der Waals surface area contributed by atoms with Gasteiger partial charge in [0.2, 0.25) is 0 Å². The van der Waals surface area contributed by atoms with Crippen molar-refractivity contribution in [3.63, 3.8) is 0 Å². The fourth-order valence-electron chi connectivity index (χ4n) is 7.82. The summed E-state index contributed by atoms with van der Waals surface area (Å²) >= 11 is 0. The van der Waals surface area contributed by atoms with Crippen LogP contribution < -0.4 is 19.3 Å². The number of hydrogen-bond donors (Lipinski definition) is 0. The fourth-order valence-corrected chi connectivity index (χ4v) is 7.82. The lowest BCUT2D eigenvalue weighted by atomic mass is 9.83. The molecule has 0 bridgehead atoms. The summed E-state index contributed by atoms with van der Waals surface area (Å²) in [6.45, 7) is 10.6. The second kappa shape index (κ2) is 20.0. The molecule has 0 unspecified atom stereocenters. The molecule has 17 heteroatoms. The van der Waals surface area contributed by atoms with Crippen LogP contribution in [0, 0.1) is 20.8 Å². The molecule has 0 N–H and O–H groups in total. The second-order valence-corrected chi connectivity index (χ2v) is 14.6. The lowest BCUT2D eigenvalue weighted by Crippen LogP contribution is -2.51. The Morgan fingerprint density at radius 1 is 0.656 bits per heavy atom. The van der Waals surface area contributed by atoms with Gasteiger partial charge in [0.1, 0.15) is 56.6 Å². The van der Waals surface area contributed by atoms with Crippen LogP contribution in [-0.2, 0) is 38.1 Å². The summed E-state index contributed by atoms with van der Waals surface area (Å²) in [5.41, 5.74) is 5.63. The lowest BCUT2D eigenvalue weighted by Gasteiger charge is -2.34. The molecule has 0 radical (unpaired) electrons. The van der Waals surface area contributed by atoms with Crippen molar-refractivity contribution in [2.24, 2.45) is 0 Å². The van der Waals surface area contributed by atoms with Gasteiger partial charge in [-0.05, 0) is 108 Å². The Labute approximate surface area is 355 Å². The first-order valence-corrected chi connectivity index (χ1v) is 20.5. The third-order valence-corrected chi connectivity index (χ3v) is 10.1. The minimum Gasteiger partial charge on any atom is -0.488 e. The number of fused-ring (bicyclic) bond motifs is 2. The van der Waals surface area contributed by atoms with Crippen LogP contribution in [0.3, 0.4) is 0 Å². The Morgan fingerprint density at radius 3 is 1.59 bits per heavy atom. The van der Waals surface area contributed by atoms with Gasteiger partial charge in [0.15, 0.2) is 5.70 Å². The van der Waals surface area contributed by atoms with E-state index in [1.165, 1.54) is 9.80 Å². The lowest BCUT2D eigenvalue weighted by molar-refractivity contribution is -0.363. The van der Waals surface area contributed by atoms with E-state index >= 15 is 8.63 Å². The number of anilines is 2. The molecule has 61 heavy (non-hydrogen) atoms. The zero-order valence-electron chi connectivity index (χ0n) is 36.4. The van der Waals surface area contributed by atoms with Gasteiger partial charge in [-0.1, -0.05) is 12.1 Å². The molecule has 0 amide bonds. The number of aryl methyl sites for hydroxylation is 3. The van der Waals surface area contributed by atoms with Crippen molar-refractivity contribution < 1.29 is 60.7 Å². The van der Waals surface area contributed by atoms with Crippen LogP contribution in [0.15, 0.2) is 59.8 Å². The molecule has 14 nitrogen and oxygen atoms in total. The summed E-state index contributed by atoms with van der Waals surface area (Å²) in [6, 6.07) is 12.2. The molecular weight excluding hydrogens is 793 g/mol. The van der Waals surface area contributed by atoms with Gasteiger partial charge in [-0.25, -0.2) is 0 Å². The molecule has 0 aliphatic carbocycles. The van der Waals surface area contributed by atoms with E-state index in [-0.39, 0.29) is 71.6 Å². The summed E-state index contributed by atoms with van der Waals surface area (Å²) in [5, 5.41) is 0. The number of hydrogen-bond acceptors (Lipinski definition) is 12. The van der Waals surface area contributed by atoms with Crippen molar-refractivity contribution in [2.45, 2.75) is 62.3 Å². The Balaban J connectivity index is 1.57. The zero-order chi connectivity index (χ0) is 44.6. The minimum atomic E-state index is -4.23. The average Bonchev–Trinajstić information content (AvgIpc) is 3.67. The molecule has 2 aliphatic heterocycles. The number of halogens is 2. The Kier molecular flexibility index (Phi) is 15.0. The number of benzene rings is 2. The third kappa shape index (κ3) is 10.3. The van der Waals surface area contributed by atoms with Gasteiger partial charge in [0.25, 0.3) is 0 Å². The summed E-state index contributed by atoms with van der Waals surface area (Å²) in [4.78, 5) is 54.1. The maximum atomic E-state index is 16.5. The maximum Gasteiger partial charge on any atom is 0.737 e. The predicted octanol–water partition coefficient (Wildman–Crippen LogP) is 6.17. The van der Waals surface area contributed by atoms with E-state index in [2.05, 4.69) is 0 Å². The van der Waals surface area contributed by atoms with Crippen molar-refractivity contribution in [3.05, 3.63) is 87.9 Å². The topological polar surface area (TPSA) is 138 Å². The highest BCUT2D eigenvalue weighted by Crippen LogP contribution is 2.45. The standard InChI is InChI=1S/C44H55BF2N4O10/c1-10-56-38(52)24-48(25-39(53)57-11-2)34-16-14-28(5)20-36(34)60-18-19-61-37-23-33(15-17-35(37)49(26-40(54)58-12-3)27-41(55)59-13-4)42-43-29(6)21-31(8)50(43)45(46,47)51-32(9)22-30(7)44(42)51/h14-17,20-23H,10-13,18-19,24-27H2,1-9H3. The van der Waals surface area contributed by atoms with E-state index in [4.69, 9.17) is 28.4 Å². The number of ether oxygens (including phenoxy) is 6. The SMILES string of the molecule is CCOC(=O)CN(CC(=O)OCC)c1ccc(C)cc1OCCOc1cc(C2=C3C(C)=CC(C)=[N+]3[B-](F)(F)n3c(C)cc(C)c32)ccc1N(CC(=O)OCC)CC(=O)OCC. The van der Waals surface area contributed by atoms with Crippen molar-refractivity contribution in [1.82, 2.24) is 4.48 Å². The number of nitrogens with zero attached hydrogens (tertiary/aromatic N) is 4. The molecule has 3 aromatic rings. The Morgan fingerprint density at radius 2 is 1.11 bits per heavy atom. The predicted molar refractivity (Wildman–Crippen MR) is 228 cm³/mol. The molecule has 0 saturated carbocycles. The number of rotatable bonds is 20. The van der Waals surface area contributed by atoms with E-state index in [1.54, 1.807) is 97.9 Å². The van der Waals surface area contributed by atoms with Crippen molar-refractivity contribution in [2.75, 3.05) is 75.6 Å². The normalized spacial score (nSPS) is 13.9. The van der Waals surface area contributed by atoms with Gasteiger partial charge in [-0.2, -0.15) is 0 Å². The van der Waals surface area contributed by atoms with Crippen LogP contribution in [0.5, 0.6) is 11.5 Å². The van der Waals surface area contributed by atoms with Crippen LogP contribution in [0.25, 0.3) is 5.57 Å². The van der Waals surface area contributed by atoms with Crippen LogP contribution in [-0.4, -0.2) is 111 Å². The highest BCUT2D eigenvalue weighted by Gasteiger charge is 2.55. The van der Waals surface area contributed by atoms with Crippen LogP contribution in [0.1, 0.15) is 69.6 Å². The summed E-state index contributed by atoms with van der Waals surface area (Å²) in [7, 11) is 0. The Bertz CT molecular complexity index is 2230. The maximum absolute atomic E-state index is 16.5. The first kappa shape index (κ1) is 46.0. The molecule has 0 saturated heterocycles. The average molecular weight is 849 g/mol. The van der Waals surface area contributed by atoms with Gasteiger partial charge >= 0.3 is 30.8 Å². The minimum absolute atomic E-state index is 0.0455. The molecule has 2 aromatic carbocycles. The van der Waals surface area contributed by atoms with Gasteiger partial charge < -0.3 is 55.8 Å². The third-order valence-electron chi connectivity index (χ3n) is 10.1.